The Morgan fingerprint density at radius 2 is 1.75 bits per heavy atom. The van der Waals surface area contributed by atoms with Gasteiger partial charge in [-0.05, 0) is 51.1 Å². The molecule has 2 aromatic carbocycles. The lowest BCUT2D eigenvalue weighted by Gasteiger charge is -2.08. The number of hydrogen-bond acceptors (Lipinski definition) is 4. The number of rotatable bonds is 3. The van der Waals surface area contributed by atoms with E-state index < -0.39 is 6.36 Å². The third-order valence-corrected chi connectivity index (χ3v) is 3.41. The predicted octanol–water partition coefficient (Wildman–Crippen LogP) is 4.83. The minimum atomic E-state index is -4.60. The second kappa shape index (κ2) is 10.2. The summed E-state index contributed by atoms with van der Waals surface area (Å²) in [5.74, 6) is 0.341. The molecule has 0 aliphatic heterocycles. The van der Waals surface area contributed by atoms with Crippen LogP contribution in [0, 0.1) is 6.92 Å². The lowest BCUT2D eigenvalue weighted by atomic mass is 10.1. The first kappa shape index (κ1) is 22.9. The van der Waals surface area contributed by atoms with Crippen LogP contribution in [-0.4, -0.2) is 31.2 Å². The first-order chi connectivity index (χ1) is 13.1. The van der Waals surface area contributed by atoms with Crippen molar-refractivity contribution in [2.75, 3.05) is 12.8 Å². The van der Waals surface area contributed by atoms with Crippen molar-refractivity contribution in [3.8, 4) is 5.75 Å². The summed E-state index contributed by atoms with van der Waals surface area (Å²) in [5.41, 5.74) is 8.38. The molecule has 8 heteroatoms. The molecule has 150 valence electrons. The molecule has 0 spiro atoms. The summed E-state index contributed by atoms with van der Waals surface area (Å²) in [7, 11) is 1.66. The molecule has 0 radical (unpaired) electrons. The third kappa shape index (κ3) is 7.61. The molecule has 2 aromatic rings. The fourth-order valence-corrected chi connectivity index (χ4v) is 2.12. The van der Waals surface area contributed by atoms with Crippen LogP contribution in [-0.2, 0) is 0 Å². The summed E-state index contributed by atoms with van der Waals surface area (Å²) < 4.78 is 38.5. The van der Waals surface area contributed by atoms with Crippen LogP contribution in [0.3, 0.4) is 0 Å². The van der Waals surface area contributed by atoms with Gasteiger partial charge in [0.2, 0.25) is 0 Å². The van der Waals surface area contributed by atoms with Crippen molar-refractivity contribution < 1.29 is 22.7 Å². The number of alkyl halides is 3. The van der Waals surface area contributed by atoms with Crippen LogP contribution in [0.15, 0.2) is 52.4 Å². The molecular formula is C20H22F3N3O2. The van der Waals surface area contributed by atoms with Gasteiger partial charge in [0.1, 0.15) is 5.75 Å². The maximum absolute atomic E-state index is 11.6. The van der Waals surface area contributed by atoms with Gasteiger partial charge in [-0.15, -0.1) is 13.2 Å². The van der Waals surface area contributed by atoms with E-state index in [2.05, 4.69) is 14.7 Å². The third-order valence-electron chi connectivity index (χ3n) is 3.41. The summed E-state index contributed by atoms with van der Waals surface area (Å²) in [6, 6.07) is 10.9. The zero-order valence-electron chi connectivity index (χ0n) is 16.0. The van der Waals surface area contributed by atoms with Gasteiger partial charge in [-0.1, -0.05) is 17.7 Å². The van der Waals surface area contributed by atoms with Gasteiger partial charge >= 0.3 is 6.36 Å². The first-order valence-corrected chi connectivity index (χ1v) is 8.26. The number of aryl methyl sites for hydroxylation is 1. The molecule has 0 unspecified atom stereocenters. The number of carbonyl (C=O) groups is 1. The van der Waals surface area contributed by atoms with E-state index in [0.29, 0.717) is 17.1 Å². The topological polar surface area (TPSA) is 77.0 Å². The number of nitrogens with zero attached hydrogens (tertiary/aromatic N) is 2. The Morgan fingerprint density at radius 3 is 2.21 bits per heavy atom. The van der Waals surface area contributed by atoms with E-state index in [-0.39, 0.29) is 11.5 Å². The summed E-state index contributed by atoms with van der Waals surface area (Å²) in [5, 5.41) is 0. The number of aliphatic imine (C=N–C) groups is 2. The Balaban J connectivity index is 0.000000292. The minimum Gasteiger partial charge on any atom is -0.406 e. The Bertz CT molecular complexity index is 858. The molecule has 0 amide bonds. The largest absolute Gasteiger partial charge is 0.573 e. The van der Waals surface area contributed by atoms with Gasteiger partial charge in [0.15, 0.2) is 11.6 Å². The smallest absolute Gasteiger partial charge is 0.406 e. The monoisotopic (exact) mass is 393 g/mol. The van der Waals surface area contributed by atoms with Crippen LogP contribution < -0.4 is 10.5 Å². The fraction of sp³-hybridized carbons (Fsp3) is 0.250. The number of nitrogen functional groups attached to an aromatic ring is 1. The van der Waals surface area contributed by atoms with Crippen molar-refractivity contribution >= 4 is 23.5 Å². The van der Waals surface area contributed by atoms with Crippen molar-refractivity contribution in [3.05, 3.63) is 59.2 Å². The molecule has 5 nitrogen and oxygen atoms in total. The normalized spacial score (nSPS) is 11.8. The zero-order chi connectivity index (χ0) is 21.3. The quantitative estimate of drug-likeness (QED) is 0.351. The highest BCUT2D eigenvalue weighted by Gasteiger charge is 2.30. The van der Waals surface area contributed by atoms with Gasteiger partial charge in [0.05, 0.1) is 0 Å². The Hall–Kier alpha value is -3.16. The molecule has 2 rings (SSSR count). The molecule has 0 bridgehead atoms. The number of anilines is 1. The van der Waals surface area contributed by atoms with Crippen molar-refractivity contribution in [3.63, 3.8) is 0 Å². The van der Waals surface area contributed by atoms with Gasteiger partial charge in [0, 0.05) is 30.1 Å². The van der Waals surface area contributed by atoms with Gasteiger partial charge in [-0.2, -0.15) is 0 Å². The lowest BCUT2D eigenvalue weighted by Crippen LogP contribution is -2.16. The predicted molar refractivity (Wildman–Crippen MR) is 105 cm³/mol. The lowest BCUT2D eigenvalue weighted by molar-refractivity contribution is -0.274. The highest BCUT2D eigenvalue weighted by atomic mass is 19.4. The first-order valence-electron chi connectivity index (χ1n) is 8.26. The second-order valence-corrected chi connectivity index (χ2v) is 5.65. The molecule has 0 atom stereocenters. The molecule has 0 aliphatic carbocycles. The van der Waals surface area contributed by atoms with Gasteiger partial charge < -0.3 is 10.5 Å². The molecule has 0 fully saturated rings. The van der Waals surface area contributed by atoms with E-state index in [9.17, 15) is 18.0 Å². The molecule has 0 saturated heterocycles. The number of nitrogens with two attached hydrogens (primary N) is 1. The van der Waals surface area contributed by atoms with Crippen LogP contribution in [0.2, 0.25) is 0 Å². The Morgan fingerprint density at radius 1 is 1.14 bits per heavy atom. The van der Waals surface area contributed by atoms with Crippen LogP contribution in [0.4, 0.5) is 18.9 Å². The van der Waals surface area contributed by atoms with E-state index in [1.54, 1.807) is 50.5 Å². The minimum absolute atomic E-state index is 0.0599. The molecule has 0 aliphatic rings. The average Bonchev–Trinajstić information content (AvgIpc) is 2.61. The van der Waals surface area contributed by atoms with Crippen LogP contribution in [0.25, 0.3) is 0 Å². The van der Waals surface area contributed by atoms with Gasteiger partial charge in [-0.25, -0.2) is 4.99 Å². The SMILES string of the molecule is CC=NC(=NC)c1ccc(N)c(C(C)=O)c1.Cc1ccc(OC(F)(F)F)cc1. The van der Waals surface area contributed by atoms with Crippen LogP contribution in [0.5, 0.6) is 5.75 Å². The van der Waals surface area contributed by atoms with Crippen LogP contribution in [0.1, 0.15) is 35.3 Å². The summed E-state index contributed by atoms with van der Waals surface area (Å²) >= 11 is 0. The average molecular weight is 393 g/mol. The number of hydrogen-bond donors (Lipinski definition) is 1. The Kier molecular flexibility index (Phi) is 8.37. The zero-order valence-corrected chi connectivity index (χ0v) is 16.0. The van der Waals surface area contributed by atoms with E-state index in [1.807, 2.05) is 6.92 Å². The molecule has 0 aromatic heterocycles. The number of halogens is 3. The van der Waals surface area contributed by atoms with Crippen molar-refractivity contribution in [1.82, 2.24) is 0 Å². The second-order valence-electron chi connectivity index (χ2n) is 5.65. The summed E-state index contributed by atoms with van der Waals surface area (Å²) in [6.07, 6.45) is -2.94. The number of ether oxygens (including phenoxy) is 1. The maximum Gasteiger partial charge on any atom is 0.573 e. The van der Waals surface area contributed by atoms with E-state index in [4.69, 9.17) is 5.73 Å². The summed E-state index contributed by atoms with van der Waals surface area (Å²) in [4.78, 5) is 19.5. The highest BCUT2D eigenvalue weighted by Crippen LogP contribution is 2.22. The van der Waals surface area contributed by atoms with Gasteiger partial charge in [0.25, 0.3) is 0 Å². The number of ketones is 1. The molecule has 0 saturated carbocycles. The maximum atomic E-state index is 11.6. The fourth-order valence-electron chi connectivity index (χ4n) is 2.12. The van der Waals surface area contributed by atoms with E-state index in [0.717, 1.165) is 11.1 Å². The molecule has 2 N–H and O–H groups in total. The number of amidine groups is 1. The Labute approximate surface area is 161 Å². The van der Waals surface area contributed by atoms with Crippen molar-refractivity contribution in [2.45, 2.75) is 27.1 Å². The van der Waals surface area contributed by atoms with E-state index in [1.165, 1.54) is 19.1 Å². The van der Waals surface area contributed by atoms with Crippen LogP contribution >= 0.6 is 0 Å². The number of carbonyl (C=O) groups excluding carboxylic acids is 1. The van der Waals surface area contributed by atoms with E-state index >= 15 is 0 Å². The van der Waals surface area contributed by atoms with Crippen molar-refractivity contribution in [1.29, 1.82) is 0 Å². The summed E-state index contributed by atoms with van der Waals surface area (Å²) in [6.45, 7) is 5.09. The molecular weight excluding hydrogens is 371 g/mol. The van der Waals surface area contributed by atoms with Crippen molar-refractivity contribution in [2.24, 2.45) is 9.98 Å². The number of Topliss-reactive ketones (excluding diaryl/α,β-unsaturated/α-hetero) is 1. The number of benzene rings is 2. The molecule has 28 heavy (non-hydrogen) atoms. The molecule has 0 heterocycles. The van der Waals surface area contributed by atoms with Gasteiger partial charge in [-0.3, -0.25) is 9.79 Å². The highest BCUT2D eigenvalue weighted by molar-refractivity contribution is 6.06. The standard InChI is InChI=1S/C12H15N3O.C8H7F3O/c1-4-15-12(14-3)9-5-6-11(13)10(7-9)8(2)16;1-6-2-4-7(5-3-6)12-8(9,10)11/h4-7H,13H2,1-3H3;2-5H,1H3.